The van der Waals surface area contributed by atoms with E-state index in [0.29, 0.717) is 28.4 Å². The Morgan fingerprint density at radius 2 is 1.55 bits per heavy atom. The number of hydrogen-bond acceptors (Lipinski definition) is 8. The number of amides is 4. The molecule has 6 rings (SSSR count). The largest absolute Gasteiger partial charge is 0.399 e. The summed E-state index contributed by atoms with van der Waals surface area (Å²) < 4.78 is 14.3. The van der Waals surface area contributed by atoms with Gasteiger partial charge in [0.2, 0.25) is 11.8 Å². The normalized spacial score (nSPS) is 22.6. The quantitative estimate of drug-likeness (QED) is 0.429. The molecule has 0 spiro atoms. The van der Waals surface area contributed by atoms with E-state index in [1.165, 1.54) is 6.07 Å². The molecule has 10 nitrogen and oxygen atoms in total. The Balaban J connectivity index is 1.03. The predicted molar refractivity (Wildman–Crippen MR) is 148 cm³/mol. The monoisotopic (exact) mass is 548 g/mol. The third-order valence-corrected chi connectivity index (χ3v) is 8.60. The van der Waals surface area contributed by atoms with Crippen molar-refractivity contribution in [1.82, 2.24) is 15.1 Å². The standard InChI is InChI=1S/C29H33FN6O4/c30-23-15-19(31)1-4-24(23)35-9-7-18(8-10-35)17-33-11-13-34(14-12-33)20-2-3-21-22(16-20)29(40)36(28(21)39)25-5-6-26(37)32-27(25)38/h1-4,15-16,18,25H,5-14,17,31H2,(H,32,37,38). The summed E-state index contributed by atoms with van der Waals surface area (Å²) in [6.07, 6.45) is 2.26. The van der Waals surface area contributed by atoms with Gasteiger partial charge in [0, 0.05) is 63.6 Å². The molecule has 210 valence electrons. The highest BCUT2D eigenvalue weighted by atomic mass is 19.1. The molecule has 0 saturated carbocycles. The van der Waals surface area contributed by atoms with Crippen molar-refractivity contribution in [2.45, 2.75) is 31.7 Å². The molecule has 3 fully saturated rings. The number of piperidine rings is 2. The summed E-state index contributed by atoms with van der Waals surface area (Å²) >= 11 is 0. The van der Waals surface area contributed by atoms with Crippen LogP contribution in [0.2, 0.25) is 0 Å². The van der Waals surface area contributed by atoms with Gasteiger partial charge in [0.1, 0.15) is 11.9 Å². The lowest BCUT2D eigenvalue weighted by atomic mass is 9.95. The van der Waals surface area contributed by atoms with Crippen LogP contribution in [-0.2, 0) is 9.59 Å². The van der Waals surface area contributed by atoms with Crippen LogP contribution >= 0.6 is 0 Å². The minimum atomic E-state index is -0.963. The van der Waals surface area contributed by atoms with E-state index in [9.17, 15) is 23.6 Å². The fraction of sp³-hybridized carbons (Fsp3) is 0.448. The molecular weight excluding hydrogens is 515 g/mol. The van der Waals surface area contributed by atoms with Gasteiger partial charge in [-0.1, -0.05) is 0 Å². The molecule has 11 heteroatoms. The number of nitrogens with zero attached hydrogens (tertiary/aromatic N) is 4. The lowest BCUT2D eigenvalue weighted by molar-refractivity contribution is -0.136. The number of fused-ring (bicyclic) bond motifs is 1. The summed E-state index contributed by atoms with van der Waals surface area (Å²) in [5, 5.41) is 2.23. The number of anilines is 3. The van der Waals surface area contributed by atoms with E-state index in [1.54, 1.807) is 24.3 Å². The lowest BCUT2D eigenvalue weighted by Gasteiger charge is -2.40. The number of carbonyl (C=O) groups excluding carboxylic acids is 4. The van der Waals surface area contributed by atoms with E-state index < -0.39 is 29.7 Å². The van der Waals surface area contributed by atoms with Gasteiger partial charge in [-0.05, 0) is 61.6 Å². The highest BCUT2D eigenvalue weighted by Gasteiger charge is 2.44. The van der Waals surface area contributed by atoms with Crippen molar-refractivity contribution < 1.29 is 23.6 Å². The number of rotatable bonds is 5. The van der Waals surface area contributed by atoms with Crippen molar-refractivity contribution in [2.75, 3.05) is 61.3 Å². The third-order valence-electron chi connectivity index (χ3n) is 8.60. The van der Waals surface area contributed by atoms with Crippen molar-refractivity contribution in [2.24, 2.45) is 5.92 Å². The number of nitrogen functional groups attached to an aromatic ring is 1. The molecule has 4 aliphatic rings. The van der Waals surface area contributed by atoms with Crippen molar-refractivity contribution in [3.05, 3.63) is 53.3 Å². The first-order valence-electron chi connectivity index (χ1n) is 13.9. The van der Waals surface area contributed by atoms with Crippen LogP contribution in [0.15, 0.2) is 36.4 Å². The molecule has 4 heterocycles. The van der Waals surface area contributed by atoms with Gasteiger partial charge in [0.05, 0.1) is 16.8 Å². The molecule has 3 saturated heterocycles. The highest BCUT2D eigenvalue weighted by molar-refractivity contribution is 6.23. The number of halogens is 1. The summed E-state index contributed by atoms with van der Waals surface area (Å²) in [6, 6.07) is 9.20. The summed E-state index contributed by atoms with van der Waals surface area (Å²) in [5.41, 5.74) is 8.22. The number of carbonyl (C=O) groups is 4. The minimum absolute atomic E-state index is 0.0968. The summed E-state index contributed by atoms with van der Waals surface area (Å²) in [6.45, 7) is 6.02. The van der Waals surface area contributed by atoms with E-state index in [4.69, 9.17) is 5.73 Å². The van der Waals surface area contributed by atoms with Crippen LogP contribution in [-0.4, -0.2) is 85.3 Å². The Bertz CT molecular complexity index is 1370. The van der Waals surface area contributed by atoms with Crippen LogP contribution in [0.5, 0.6) is 0 Å². The molecule has 0 aromatic heterocycles. The van der Waals surface area contributed by atoms with Gasteiger partial charge in [0.25, 0.3) is 11.8 Å². The second-order valence-corrected chi connectivity index (χ2v) is 11.1. The zero-order valence-electron chi connectivity index (χ0n) is 22.3. The fourth-order valence-corrected chi connectivity index (χ4v) is 6.35. The van der Waals surface area contributed by atoms with Crippen LogP contribution < -0.4 is 20.9 Å². The number of nitrogens with two attached hydrogens (primary N) is 1. The van der Waals surface area contributed by atoms with Crippen molar-refractivity contribution in [3.8, 4) is 0 Å². The highest BCUT2D eigenvalue weighted by Crippen LogP contribution is 2.32. The number of nitrogens with one attached hydrogen (secondary N) is 1. The number of hydrogen-bond donors (Lipinski definition) is 2. The van der Waals surface area contributed by atoms with E-state index in [2.05, 4.69) is 20.0 Å². The summed E-state index contributed by atoms with van der Waals surface area (Å²) in [4.78, 5) is 57.8. The maximum atomic E-state index is 14.3. The molecule has 0 radical (unpaired) electrons. The first-order valence-corrected chi connectivity index (χ1v) is 13.9. The van der Waals surface area contributed by atoms with Crippen LogP contribution in [0.25, 0.3) is 0 Å². The maximum Gasteiger partial charge on any atom is 0.262 e. The topological polar surface area (TPSA) is 119 Å². The molecule has 2 aromatic carbocycles. The van der Waals surface area contributed by atoms with Gasteiger partial charge >= 0.3 is 0 Å². The van der Waals surface area contributed by atoms with Gasteiger partial charge in [-0.25, -0.2) is 4.39 Å². The third kappa shape index (κ3) is 4.90. The van der Waals surface area contributed by atoms with E-state index in [-0.39, 0.29) is 18.7 Å². The molecular formula is C29H33FN6O4. The van der Waals surface area contributed by atoms with E-state index in [1.807, 2.05) is 6.07 Å². The minimum Gasteiger partial charge on any atom is -0.399 e. The number of imide groups is 2. The van der Waals surface area contributed by atoms with Gasteiger partial charge in [-0.15, -0.1) is 0 Å². The average molecular weight is 549 g/mol. The number of benzene rings is 2. The lowest BCUT2D eigenvalue weighted by Crippen LogP contribution is -2.54. The average Bonchev–Trinajstić information content (AvgIpc) is 3.19. The van der Waals surface area contributed by atoms with Crippen LogP contribution in [0, 0.1) is 11.7 Å². The van der Waals surface area contributed by atoms with Gasteiger partial charge < -0.3 is 15.5 Å². The van der Waals surface area contributed by atoms with Gasteiger partial charge in [-0.2, -0.15) is 0 Å². The predicted octanol–water partition coefficient (Wildman–Crippen LogP) is 1.85. The van der Waals surface area contributed by atoms with Crippen LogP contribution in [0.4, 0.5) is 21.5 Å². The van der Waals surface area contributed by atoms with Crippen molar-refractivity contribution in [3.63, 3.8) is 0 Å². The molecule has 4 aliphatic heterocycles. The van der Waals surface area contributed by atoms with Gasteiger partial charge in [0.15, 0.2) is 0 Å². The molecule has 0 bridgehead atoms. The fourth-order valence-electron chi connectivity index (χ4n) is 6.35. The molecule has 1 unspecified atom stereocenters. The molecule has 2 aromatic rings. The van der Waals surface area contributed by atoms with Gasteiger partial charge in [-0.3, -0.25) is 34.3 Å². The molecule has 0 aliphatic carbocycles. The van der Waals surface area contributed by atoms with E-state index in [0.717, 1.165) is 69.2 Å². The number of piperazine rings is 1. The molecule has 40 heavy (non-hydrogen) atoms. The van der Waals surface area contributed by atoms with Crippen LogP contribution in [0.1, 0.15) is 46.4 Å². The SMILES string of the molecule is Nc1ccc(N2CCC(CN3CCN(c4ccc5c(c4)C(=O)N(C4CCC(=O)NC4=O)C5=O)CC3)CC2)c(F)c1. The van der Waals surface area contributed by atoms with Crippen molar-refractivity contribution in [1.29, 1.82) is 0 Å². The Morgan fingerprint density at radius 3 is 2.25 bits per heavy atom. The Kier molecular flexibility index (Phi) is 6.91. The molecule has 4 amide bonds. The second-order valence-electron chi connectivity index (χ2n) is 11.1. The summed E-state index contributed by atoms with van der Waals surface area (Å²) in [7, 11) is 0. The Labute approximate surface area is 231 Å². The second kappa shape index (κ2) is 10.5. The Morgan fingerprint density at radius 1 is 0.825 bits per heavy atom. The first-order chi connectivity index (χ1) is 19.3. The zero-order chi connectivity index (χ0) is 28.0. The van der Waals surface area contributed by atoms with E-state index >= 15 is 0 Å². The first kappa shape index (κ1) is 26.2. The maximum absolute atomic E-state index is 14.3. The molecule has 1 atom stereocenters. The smallest absolute Gasteiger partial charge is 0.262 e. The van der Waals surface area contributed by atoms with Crippen molar-refractivity contribution >= 4 is 40.7 Å². The molecule has 3 N–H and O–H groups in total. The summed E-state index contributed by atoms with van der Waals surface area (Å²) in [5.74, 6) is -1.68. The Hall–Kier alpha value is -3.99. The van der Waals surface area contributed by atoms with Crippen LogP contribution in [0.3, 0.4) is 0 Å². The zero-order valence-corrected chi connectivity index (χ0v) is 22.3.